The summed E-state index contributed by atoms with van der Waals surface area (Å²) >= 11 is 0. The zero-order valence-corrected chi connectivity index (χ0v) is 20.8. The zero-order chi connectivity index (χ0) is 25.6. The topological polar surface area (TPSA) is 101 Å². The Morgan fingerprint density at radius 1 is 0.974 bits per heavy atom. The first-order valence-corrected chi connectivity index (χ1v) is 13.1. The van der Waals surface area contributed by atoms with Gasteiger partial charge in [0.05, 0.1) is 11.6 Å². The second-order valence-electron chi connectivity index (χ2n) is 10.2. The summed E-state index contributed by atoms with van der Waals surface area (Å²) in [6.45, 7) is 3.02. The van der Waals surface area contributed by atoms with Crippen LogP contribution in [0, 0.1) is 5.82 Å². The number of rotatable bonds is 5. The van der Waals surface area contributed by atoms with Crippen molar-refractivity contribution in [2.75, 3.05) is 37.9 Å². The van der Waals surface area contributed by atoms with Crippen molar-refractivity contribution >= 4 is 16.6 Å². The van der Waals surface area contributed by atoms with Gasteiger partial charge in [0, 0.05) is 48.9 Å². The number of benzene rings is 2. The molecule has 1 saturated heterocycles. The Labute approximate surface area is 218 Å². The highest BCUT2D eigenvalue weighted by molar-refractivity contribution is 5.83. The number of aromatic nitrogens is 5. The Bertz CT molecular complexity index is 1520. The van der Waals surface area contributed by atoms with Gasteiger partial charge in [-0.1, -0.05) is 12.8 Å². The molecular weight excluding hydrogens is 489 g/mol. The normalized spacial score (nSPS) is 18.9. The molecule has 4 aromatic rings. The third kappa shape index (κ3) is 4.07. The summed E-state index contributed by atoms with van der Waals surface area (Å²) in [4.78, 5) is 21.2. The minimum atomic E-state index is -0.417. The maximum Gasteiger partial charge on any atom is 0.253 e. The molecular formula is C27H28FN7O3. The number of halogens is 1. The van der Waals surface area contributed by atoms with Gasteiger partial charge in [-0.3, -0.25) is 9.69 Å². The van der Waals surface area contributed by atoms with Crippen molar-refractivity contribution in [2.45, 2.75) is 37.8 Å². The molecule has 7 rings (SSSR count). The fraction of sp³-hybridized carbons (Fsp3) is 0.407. The smallest absolute Gasteiger partial charge is 0.253 e. The highest BCUT2D eigenvalue weighted by Gasteiger charge is 2.35. The molecule has 1 N–H and O–H groups in total. The number of hydrogen-bond donors (Lipinski definition) is 1. The Morgan fingerprint density at radius 2 is 1.71 bits per heavy atom. The van der Waals surface area contributed by atoms with Gasteiger partial charge >= 0.3 is 0 Å². The molecule has 0 unspecified atom stereocenters. The highest BCUT2D eigenvalue weighted by Crippen LogP contribution is 2.37. The molecule has 2 aromatic heterocycles. The van der Waals surface area contributed by atoms with Crippen molar-refractivity contribution < 1.29 is 13.9 Å². The largest absolute Gasteiger partial charge is 0.454 e. The van der Waals surface area contributed by atoms with Gasteiger partial charge in [-0.05, 0) is 59.7 Å². The van der Waals surface area contributed by atoms with E-state index in [1.165, 1.54) is 12.1 Å². The van der Waals surface area contributed by atoms with E-state index >= 15 is 0 Å². The Morgan fingerprint density at radius 3 is 2.47 bits per heavy atom. The van der Waals surface area contributed by atoms with E-state index in [0.717, 1.165) is 49.8 Å². The molecule has 1 atom stereocenters. The number of ether oxygens (including phenoxy) is 2. The van der Waals surface area contributed by atoms with Crippen molar-refractivity contribution in [3.8, 4) is 11.5 Å². The molecule has 0 amide bonds. The summed E-state index contributed by atoms with van der Waals surface area (Å²) in [5, 5.41) is 13.8. The Balaban J connectivity index is 1.27. The van der Waals surface area contributed by atoms with Crippen LogP contribution in [0.25, 0.3) is 10.9 Å². The average molecular weight is 518 g/mol. The van der Waals surface area contributed by atoms with Crippen molar-refractivity contribution in [3.63, 3.8) is 0 Å². The van der Waals surface area contributed by atoms with Crippen LogP contribution in [-0.4, -0.2) is 63.1 Å². The summed E-state index contributed by atoms with van der Waals surface area (Å²) < 4.78 is 26.5. The van der Waals surface area contributed by atoms with E-state index in [0.29, 0.717) is 41.5 Å². The summed E-state index contributed by atoms with van der Waals surface area (Å²) in [7, 11) is 0. The van der Waals surface area contributed by atoms with Gasteiger partial charge in [-0.15, -0.1) is 5.10 Å². The first-order chi connectivity index (χ1) is 18.6. The van der Waals surface area contributed by atoms with E-state index in [-0.39, 0.29) is 24.2 Å². The molecule has 196 valence electrons. The molecule has 3 aliphatic rings. The molecule has 1 aliphatic carbocycles. The summed E-state index contributed by atoms with van der Waals surface area (Å²) in [6.07, 6.45) is 4.35. The lowest BCUT2D eigenvalue weighted by Crippen LogP contribution is -2.49. The van der Waals surface area contributed by atoms with E-state index in [4.69, 9.17) is 9.47 Å². The van der Waals surface area contributed by atoms with Gasteiger partial charge in [-0.25, -0.2) is 9.07 Å². The van der Waals surface area contributed by atoms with Crippen LogP contribution in [0.2, 0.25) is 0 Å². The molecule has 38 heavy (non-hydrogen) atoms. The number of fused-ring (bicyclic) bond motifs is 2. The minimum absolute atomic E-state index is 0.167. The number of piperazine rings is 1. The minimum Gasteiger partial charge on any atom is -0.454 e. The lowest BCUT2D eigenvalue weighted by molar-refractivity contribution is 0.174. The van der Waals surface area contributed by atoms with Gasteiger partial charge in [0.25, 0.3) is 5.56 Å². The van der Waals surface area contributed by atoms with Crippen LogP contribution in [0.4, 0.5) is 10.1 Å². The van der Waals surface area contributed by atoms with Crippen molar-refractivity contribution in [3.05, 3.63) is 70.0 Å². The molecule has 11 heteroatoms. The van der Waals surface area contributed by atoms with Crippen LogP contribution in [0.5, 0.6) is 11.5 Å². The van der Waals surface area contributed by atoms with E-state index in [2.05, 4.69) is 30.3 Å². The maximum absolute atomic E-state index is 13.6. The number of tetrazole rings is 1. The quantitative estimate of drug-likeness (QED) is 0.430. The van der Waals surface area contributed by atoms with Gasteiger partial charge in [-0.2, -0.15) is 0 Å². The third-order valence-electron chi connectivity index (χ3n) is 7.97. The van der Waals surface area contributed by atoms with Crippen LogP contribution in [0.3, 0.4) is 0 Å². The number of hydrogen-bond acceptors (Lipinski definition) is 8. The Kier molecular flexibility index (Phi) is 5.72. The third-order valence-corrected chi connectivity index (χ3v) is 7.97. The number of pyridine rings is 1. The molecule has 4 heterocycles. The van der Waals surface area contributed by atoms with Crippen molar-refractivity contribution in [1.82, 2.24) is 30.1 Å². The molecule has 0 radical (unpaired) electrons. The second kappa shape index (κ2) is 9.39. The van der Waals surface area contributed by atoms with Gasteiger partial charge in [0.15, 0.2) is 17.3 Å². The zero-order valence-electron chi connectivity index (χ0n) is 20.8. The molecule has 2 fully saturated rings. The van der Waals surface area contributed by atoms with Crippen molar-refractivity contribution in [2.24, 2.45) is 0 Å². The van der Waals surface area contributed by atoms with E-state index in [1.807, 2.05) is 22.9 Å². The van der Waals surface area contributed by atoms with Crippen LogP contribution in [0.1, 0.15) is 49.2 Å². The molecule has 10 nitrogen and oxygen atoms in total. The molecule has 2 aromatic carbocycles. The SMILES string of the molecule is O=c1[nH]c2cc3c(cc2cc1[C@H](c1nnnn1C1CCCC1)N1CCN(c2ccc(F)cc2)CC1)OCO3. The average Bonchev–Trinajstić information content (AvgIpc) is 3.71. The summed E-state index contributed by atoms with van der Waals surface area (Å²) in [5.74, 6) is 1.73. The monoisotopic (exact) mass is 517 g/mol. The van der Waals surface area contributed by atoms with Gasteiger partial charge in [0.2, 0.25) is 6.79 Å². The number of aromatic amines is 1. The molecule has 1 saturated carbocycles. The second-order valence-corrected chi connectivity index (χ2v) is 10.2. The van der Waals surface area contributed by atoms with E-state index in [1.54, 1.807) is 12.1 Å². The number of anilines is 1. The van der Waals surface area contributed by atoms with E-state index < -0.39 is 6.04 Å². The highest BCUT2D eigenvalue weighted by atomic mass is 19.1. The standard InChI is InChI=1S/C27H28FN7O3/c28-18-5-7-19(8-6-18)33-9-11-34(12-10-33)25(26-30-31-32-35(26)20-3-1-2-4-20)21-13-17-14-23-24(38-16-37-23)15-22(17)29-27(21)36/h5-8,13-15,20,25H,1-4,9-12,16H2,(H,29,36)/t25-/m1/s1. The van der Waals surface area contributed by atoms with Gasteiger partial charge < -0.3 is 19.4 Å². The van der Waals surface area contributed by atoms with Crippen LogP contribution >= 0.6 is 0 Å². The first-order valence-electron chi connectivity index (χ1n) is 13.1. The number of nitrogens with zero attached hydrogens (tertiary/aromatic N) is 6. The number of nitrogens with one attached hydrogen (secondary N) is 1. The predicted octanol–water partition coefficient (Wildman–Crippen LogP) is 3.41. The van der Waals surface area contributed by atoms with Crippen LogP contribution < -0.4 is 19.9 Å². The lowest BCUT2D eigenvalue weighted by atomic mass is 10.0. The first kappa shape index (κ1) is 23.2. The molecule has 0 bridgehead atoms. The van der Waals surface area contributed by atoms with Crippen molar-refractivity contribution in [1.29, 1.82) is 0 Å². The van der Waals surface area contributed by atoms with E-state index in [9.17, 15) is 9.18 Å². The number of H-pyrrole nitrogens is 1. The fourth-order valence-electron chi connectivity index (χ4n) is 5.99. The molecule has 0 spiro atoms. The predicted molar refractivity (Wildman–Crippen MR) is 138 cm³/mol. The molecule has 2 aliphatic heterocycles. The lowest BCUT2D eigenvalue weighted by Gasteiger charge is -2.39. The Hall–Kier alpha value is -3.99. The fourth-order valence-corrected chi connectivity index (χ4v) is 5.99. The van der Waals surface area contributed by atoms with Gasteiger partial charge in [0.1, 0.15) is 11.9 Å². The summed E-state index contributed by atoms with van der Waals surface area (Å²) in [5.41, 5.74) is 2.10. The summed E-state index contributed by atoms with van der Waals surface area (Å²) in [6, 6.07) is 12.0. The van der Waals surface area contributed by atoms with Crippen LogP contribution in [0.15, 0.2) is 47.3 Å². The maximum atomic E-state index is 13.6. The van der Waals surface area contributed by atoms with Crippen LogP contribution in [-0.2, 0) is 0 Å².